The van der Waals surface area contributed by atoms with E-state index in [0.29, 0.717) is 16.7 Å². The molecule has 1 saturated carbocycles. The van der Waals surface area contributed by atoms with Crippen molar-refractivity contribution in [1.82, 2.24) is 19.7 Å². The molecule has 0 saturated heterocycles. The van der Waals surface area contributed by atoms with E-state index in [1.807, 2.05) is 10.8 Å². The van der Waals surface area contributed by atoms with Crippen molar-refractivity contribution in [3.05, 3.63) is 16.0 Å². The first-order valence-corrected chi connectivity index (χ1v) is 7.02. The maximum Gasteiger partial charge on any atom is 0.195 e. The summed E-state index contributed by atoms with van der Waals surface area (Å²) in [5.74, 6) is 1.61. The number of nitrogens with zero attached hydrogens (tertiary/aromatic N) is 3. The monoisotopic (exact) mass is 266 g/mol. The van der Waals surface area contributed by atoms with Gasteiger partial charge in [-0.15, -0.1) is 11.3 Å². The number of nitrogens with one attached hydrogen (secondary N) is 1. The van der Waals surface area contributed by atoms with Crippen molar-refractivity contribution < 1.29 is 0 Å². The van der Waals surface area contributed by atoms with Crippen molar-refractivity contribution in [3.63, 3.8) is 0 Å². The Balaban J connectivity index is 2.04. The van der Waals surface area contributed by atoms with E-state index in [1.165, 1.54) is 17.8 Å². The normalized spacial score (nSPS) is 15.7. The summed E-state index contributed by atoms with van der Waals surface area (Å²) >= 11 is 6.99. The second-order valence-corrected chi connectivity index (χ2v) is 6.10. The van der Waals surface area contributed by atoms with Gasteiger partial charge in [-0.25, -0.2) is 4.98 Å². The third kappa shape index (κ3) is 1.95. The van der Waals surface area contributed by atoms with Crippen LogP contribution in [0, 0.1) is 4.77 Å². The maximum atomic E-state index is 5.25. The number of aromatic amines is 1. The van der Waals surface area contributed by atoms with Crippen molar-refractivity contribution in [1.29, 1.82) is 0 Å². The largest absolute Gasteiger partial charge is 0.297 e. The van der Waals surface area contributed by atoms with Gasteiger partial charge in [-0.2, -0.15) is 5.10 Å². The molecule has 0 bridgehead atoms. The average molecular weight is 266 g/mol. The molecule has 0 radical (unpaired) electrons. The maximum absolute atomic E-state index is 5.25. The minimum Gasteiger partial charge on any atom is -0.297 e. The zero-order valence-electron chi connectivity index (χ0n) is 9.80. The zero-order valence-corrected chi connectivity index (χ0v) is 11.4. The predicted molar refractivity (Wildman–Crippen MR) is 70.9 cm³/mol. The first-order chi connectivity index (χ1) is 8.16. The molecule has 4 nitrogen and oxygen atoms in total. The molecule has 2 aromatic heterocycles. The van der Waals surface area contributed by atoms with Gasteiger partial charge in [-0.1, -0.05) is 0 Å². The number of hydrogen-bond donors (Lipinski definition) is 1. The lowest BCUT2D eigenvalue weighted by atomic mass is 10.3. The third-order valence-corrected chi connectivity index (χ3v) is 4.34. The standard InChI is InChI=1S/C11H14N4S2/c1-6(2)15-9(13-14-11(15)16)8-5-12-10(17-8)7-3-4-7/h5-7H,3-4H2,1-2H3,(H,14,16). The highest BCUT2D eigenvalue weighted by Crippen LogP contribution is 2.43. The predicted octanol–water partition coefficient (Wildman–Crippen LogP) is 3.52. The van der Waals surface area contributed by atoms with Crippen LogP contribution in [0.15, 0.2) is 6.20 Å². The molecule has 1 aliphatic rings. The SMILES string of the molecule is CC(C)n1c(-c2cnc(C3CC3)s2)n[nH]c1=S. The topological polar surface area (TPSA) is 46.5 Å². The Labute approximate surface area is 109 Å². The van der Waals surface area contributed by atoms with Gasteiger partial charge in [0.2, 0.25) is 0 Å². The summed E-state index contributed by atoms with van der Waals surface area (Å²) in [6.45, 7) is 4.22. The summed E-state index contributed by atoms with van der Waals surface area (Å²) in [5.41, 5.74) is 0. The molecule has 6 heteroatoms. The summed E-state index contributed by atoms with van der Waals surface area (Å²) in [4.78, 5) is 5.59. The molecule has 90 valence electrons. The molecule has 17 heavy (non-hydrogen) atoms. The van der Waals surface area contributed by atoms with E-state index < -0.39 is 0 Å². The number of H-pyrrole nitrogens is 1. The minimum atomic E-state index is 0.308. The fourth-order valence-corrected chi connectivity index (χ4v) is 3.28. The smallest absolute Gasteiger partial charge is 0.195 e. The molecular weight excluding hydrogens is 252 g/mol. The van der Waals surface area contributed by atoms with Gasteiger partial charge in [-0.05, 0) is 38.9 Å². The van der Waals surface area contributed by atoms with Crippen LogP contribution in [0.1, 0.15) is 43.7 Å². The van der Waals surface area contributed by atoms with Gasteiger partial charge in [0.25, 0.3) is 0 Å². The highest BCUT2D eigenvalue weighted by Gasteiger charge is 2.27. The lowest BCUT2D eigenvalue weighted by Crippen LogP contribution is -2.02. The average Bonchev–Trinajstić information content (AvgIpc) is 2.88. The van der Waals surface area contributed by atoms with Gasteiger partial charge in [0.1, 0.15) is 0 Å². The van der Waals surface area contributed by atoms with E-state index in [9.17, 15) is 0 Å². The molecule has 0 aromatic carbocycles. The van der Waals surface area contributed by atoms with Crippen LogP contribution >= 0.6 is 23.6 Å². The fraction of sp³-hybridized carbons (Fsp3) is 0.545. The van der Waals surface area contributed by atoms with Gasteiger partial charge >= 0.3 is 0 Å². The van der Waals surface area contributed by atoms with Crippen LogP contribution in [-0.4, -0.2) is 19.7 Å². The van der Waals surface area contributed by atoms with Crippen LogP contribution in [0.2, 0.25) is 0 Å². The van der Waals surface area contributed by atoms with Crippen LogP contribution in [0.3, 0.4) is 0 Å². The molecule has 1 N–H and O–H groups in total. The van der Waals surface area contributed by atoms with Gasteiger partial charge in [0.05, 0.1) is 9.88 Å². The number of rotatable bonds is 3. The Morgan fingerprint density at radius 1 is 1.53 bits per heavy atom. The van der Waals surface area contributed by atoms with Crippen molar-refractivity contribution in [2.75, 3.05) is 0 Å². The summed E-state index contributed by atoms with van der Waals surface area (Å²) < 4.78 is 2.72. The Morgan fingerprint density at radius 2 is 2.29 bits per heavy atom. The molecular formula is C11H14N4S2. The van der Waals surface area contributed by atoms with Gasteiger partial charge in [0.15, 0.2) is 10.6 Å². The zero-order chi connectivity index (χ0) is 12.0. The first kappa shape index (κ1) is 11.1. The summed E-state index contributed by atoms with van der Waals surface area (Å²) in [6.07, 6.45) is 4.48. The summed E-state index contributed by atoms with van der Waals surface area (Å²) in [6, 6.07) is 0.308. The highest BCUT2D eigenvalue weighted by molar-refractivity contribution is 7.71. The van der Waals surface area contributed by atoms with Crippen LogP contribution in [0.5, 0.6) is 0 Å². The lowest BCUT2D eigenvalue weighted by molar-refractivity contribution is 0.597. The van der Waals surface area contributed by atoms with Crippen molar-refractivity contribution in [2.45, 2.75) is 38.6 Å². The van der Waals surface area contributed by atoms with Crippen molar-refractivity contribution in [3.8, 4) is 10.7 Å². The van der Waals surface area contributed by atoms with Crippen molar-refractivity contribution in [2.24, 2.45) is 0 Å². The summed E-state index contributed by atoms with van der Waals surface area (Å²) in [7, 11) is 0. The van der Waals surface area contributed by atoms with E-state index in [-0.39, 0.29) is 0 Å². The van der Waals surface area contributed by atoms with Crippen molar-refractivity contribution >= 4 is 23.6 Å². The molecule has 0 spiro atoms. The molecule has 0 amide bonds. The Kier molecular flexibility index (Phi) is 2.63. The molecule has 0 unspecified atom stereocenters. The molecule has 2 heterocycles. The van der Waals surface area contributed by atoms with E-state index in [4.69, 9.17) is 12.2 Å². The second-order valence-electron chi connectivity index (χ2n) is 4.65. The quantitative estimate of drug-likeness (QED) is 0.865. The Bertz CT molecular complexity index is 589. The van der Waals surface area contributed by atoms with Gasteiger partial charge < -0.3 is 0 Å². The van der Waals surface area contributed by atoms with E-state index >= 15 is 0 Å². The highest BCUT2D eigenvalue weighted by atomic mass is 32.1. The Morgan fingerprint density at radius 3 is 2.94 bits per heavy atom. The van der Waals surface area contributed by atoms with E-state index in [1.54, 1.807) is 11.3 Å². The number of hydrogen-bond acceptors (Lipinski definition) is 4. The minimum absolute atomic E-state index is 0.308. The number of aromatic nitrogens is 4. The molecule has 1 fully saturated rings. The fourth-order valence-electron chi connectivity index (χ4n) is 1.87. The second kappa shape index (κ2) is 4.03. The van der Waals surface area contributed by atoms with E-state index in [0.717, 1.165) is 10.7 Å². The van der Waals surface area contributed by atoms with Crippen LogP contribution in [0.25, 0.3) is 10.7 Å². The molecule has 0 aliphatic heterocycles. The van der Waals surface area contributed by atoms with Crippen LogP contribution in [0.4, 0.5) is 0 Å². The third-order valence-electron chi connectivity index (χ3n) is 2.89. The molecule has 0 atom stereocenters. The van der Waals surface area contributed by atoms with Crippen LogP contribution in [-0.2, 0) is 0 Å². The van der Waals surface area contributed by atoms with E-state index in [2.05, 4.69) is 29.0 Å². The number of thiazole rings is 1. The first-order valence-electron chi connectivity index (χ1n) is 5.80. The van der Waals surface area contributed by atoms with Gasteiger partial charge in [-0.3, -0.25) is 9.67 Å². The molecule has 2 aromatic rings. The van der Waals surface area contributed by atoms with Gasteiger partial charge in [0, 0.05) is 18.2 Å². The molecule has 3 rings (SSSR count). The molecule has 1 aliphatic carbocycles. The van der Waals surface area contributed by atoms with Crippen LogP contribution < -0.4 is 0 Å². The lowest BCUT2D eigenvalue weighted by Gasteiger charge is -2.08. The summed E-state index contributed by atoms with van der Waals surface area (Å²) in [5, 5.41) is 8.42. The Hall–Kier alpha value is -1.01.